The van der Waals surface area contributed by atoms with Gasteiger partial charge in [-0.25, -0.2) is 8.42 Å². The molecule has 3 aromatic rings. The van der Waals surface area contributed by atoms with Gasteiger partial charge < -0.3 is 15.1 Å². The normalized spacial score (nSPS) is 15.9. The van der Waals surface area contributed by atoms with E-state index in [9.17, 15) is 8.42 Å². The second-order valence-corrected chi connectivity index (χ2v) is 9.34. The quantitative estimate of drug-likeness (QED) is 0.705. The van der Waals surface area contributed by atoms with Gasteiger partial charge in [0.2, 0.25) is 9.84 Å². The molecule has 28 heavy (non-hydrogen) atoms. The molecule has 0 radical (unpaired) electrons. The molecule has 6 nitrogen and oxygen atoms in total. The van der Waals surface area contributed by atoms with E-state index in [-0.39, 0.29) is 9.79 Å². The average molecular weight is 419 g/mol. The van der Waals surface area contributed by atoms with Crippen LogP contribution in [-0.4, -0.2) is 58.0 Å². The predicted molar refractivity (Wildman–Crippen MR) is 114 cm³/mol. The van der Waals surface area contributed by atoms with Gasteiger partial charge in [-0.2, -0.15) is 0 Å². The summed E-state index contributed by atoms with van der Waals surface area (Å²) in [4.78, 5) is 5.05. The third-order valence-corrected chi connectivity index (χ3v) is 7.29. The number of pyridine rings is 1. The summed E-state index contributed by atoms with van der Waals surface area (Å²) in [5.41, 5.74) is 1.22. The number of hydrogen-bond donors (Lipinski definition) is 1. The Morgan fingerprint density at radius 3 is 2.43 bits per heavy atom. The highest BCUT2D eigenvalue weighted by atomic mass is 35.5. The largest absolute Gasteiger partial charge is 0.386 e. The van der Waals surface area contributed by atoms with Crippen molar-refractivity contribution in [2.75, 3.05) is 50.5 Å². The van der Waals surface area contributed by atoms with E-state index < -0.39 is 9.84 Å². The number of halogens is 1. The van der Waals surface area contributed by atoms with Gasteiger partial charge >= 0.3 is 0 Å². The summed E-state index contributed by atoms with van der Waals surface area (Å²) in [7, 11) is 0.113. The Balaban J connectivity index is 1.89. The van der Waals surface area contributed by atoms with Crippen molar-refractivity contribution in [3.05, 3.63) is 53.7 Å². The zero-order valence-electron chi connectivity index (χ0n) is 15.9. The molecule has 0 spiro atoms. The molecule has 1 saturated heterocycles. The van der Waals surface area contributed by atoms with E-state index in [0.717, 1.165) is 32.0 Å². The topological polar surface area (TPSA) is 57.1 Å². The van der Waals surface area contributed by atoms with Crippen molar-refractivity contribution in [1.29, 1.82) is 0 Å². The minimum Gasteiger partial charge on any atom is -0.386 e. The summed E-state index contributed by atoms with van der Waals surface area (Å²) in [6.45, 7) is 3.76. The highest BCUT2D eigenvalue weighted by Crippen LogP contribution is 2.36. The van der Waals surface area contributed by atoms with Crippen LogP contribution in [0.2, 0.25) is 5.02 Å². The average Bonchev–Trinajstić information content (AvgIpc) is 3.08. The Hall–Kier alpha value is -2.22. The molecule has 0 amide bonds. The maximum Gasteiger partial charge on any atom is 0.210 e. The molecule has 0 atom stereocenters. The molecule has 1 aliphatic rings. The molecule has 0 bridgehead atoms. The van der Waals surface area contributed by atoms with Crippen LogP contribution in [0.15, 0.2) is 58.5 Å². The molecule has 1 aromatic carbocycles. The van der Waals surface area contributed by atoms with Gasteiger partial charge in [-0.05, 0) is 37.4 Å². The lowest BCUT2D eigenvalue weighted by Gasteiger charge is -2.34. The van der Waals surface area contributed by atoms with Crippen molar-refractivity contribution < 1.29 is 8.42 Å². The molecule has 0 saturated carbocycles. The molecule has 1 aliphatic heterocycles. The first-order chi connectivity index (χ1) is 13.4. The second kappa shape index (κ2) is 7.31. The molecule has 4 rings (SSSR count). The van der Waals surface area contributed by atoms with Crippen molar-refractivity contribution in [3.63, 3.8) is 0 Å². The van der Waals surface area contributed by atoms with E-state index in [2.05, 4.69) is 22.2 Å². The molecule has 0 unspecified atom stereocenters. The van der Waals surface area contributed by atoms with Crippen LogP contribution >= 0.6 is 11.6 Å². The highest BCUT2D eigenvalue weighted by Gasteiger charge is 2.27. The van der Waals surface area contributed by atoms with Crippen LogP contribution in [0.25, 0.3) is 5.52 Å². The summed E-state index contributed by atoms with van der Waals surface area (Å²) in [5.74, 6) is 0.995. The van der Waals surface area contributed by atoms with Crippen LogP contribution in [0.5, 0.6) is 0 Å². The summed E-state index contributed by atoms with van der Waals surface area (Å²) in [5, 5.41) is 3.45. The van der Waals surface area contributed by atoms with Gasteiger partial charge in [-0.15, -0.1) is 0 Å². The fraction of sp³-hybridized carbons (Fsp3) is 0.300. The molecule has 148 valence electrons. The van der Waals surface area contributed by atoms with E-state index in [1.54, 1.807) is 25.2 Å². The molecule has 1 fully saturated rings. The fourth-order valence-corrected chi connectivity index (χ4v) is 5.58. The van der Waals surface area contributed by atoms with Gasteiger partial charge in [-0.3, -0.25) is 4.40 Å². The van der Waals surface area contributed by atoms with E-state index in [1.807, 2.05) is 28.8 Å². The summed E-state index contributed by atoms with van der Waals surface area (Å²) in [6, 6.07) is 12.2. The molecule has 2 aromatic heterocycles. The molecule has 1 N–H and O–H groups in total. The third kappa shape index (κ3) is 3.23. The van der Waals surface area contributed by atoms with Crippen LogP contribution in [0.1, 0.15) is 0 Å². The van der Waals surface area contributed by atoms with Crippen molar-refractivity contribution in [2.45, 2.75) is 9.79 Å². The van der Waals surface area contributed by atoms with Crippen molar-refractivity contribution in [2.24, 2.45) is 0 Å². The van der Waals surface area contributed by atoms with E-state index in [1.165, 1.54) is 6.07 Å². The predicted octanol–water partition coefficient (Wildman–Crippen LogP) is 3.22. The fourth-order valence-electron chi connectivity index (χ4n) is 3.66. The van der Waals surface area contributed by atoms with Gasteiger partial charge in [0, 0.05) is 44.4 Å². The third-order valence-electron chi connectivity index (χ3n) is 5.21. The maximum atomic E-state index is 13.4. The lowest BCUT2D eigenvalue weighted by molar-refractivity contribution is 0.312. The number of likely N-dealkylation sites (N-methyl/N-ethyl adjacent to an activating group) is 1. The number of aromatic nitrogens is 1. The van der Waals surface area contributed by atoms with Gasteiger partial charge in [0.05, 0.1) is 16.1 Å². The van der Waals surface area contributed by atoms with E-state index >= 15 is 0 Å². The summed E-state index contributed by atoms with van der Waals surface area (Å²) >= 11 is 6.05. The van der Waals surface area contributed by atoms with Crippen LogP contribution in [0.3, 0.4) is 0 Å². The van der Waals surface area contributed by atoms with Crippen LogP contribution in [0.4, 0.5) is 11.5 Å². The lowest BCUT2D eigenvalue weighted by Crippen LogP contribution is -2.45. The van der Waals surface area contributed by atoms with E-state index in [0.29, 0.717) is 16.2 Å². The monoisotopic (exact) mass is 418 g/mol. The number of nitrogens with zero attached hydrogens (tertiary/aromatic N) is 3. The van der Waals surface area contributed by atoms with Crippen LogP contribution in [-0.2, 0) is 9.84 Å². The zero-order valence-corrected chi connectivity index (χ0v) is 17.5. The van der Waals surface area contributed by atoms with Crippen molar-refractivity contribution in [1.82, 2.24) is 9.30 Å². The van der Waals surface area contributed by atoms with Gasteiger partial charge in [0.25, 0.3) is 0 Å². The summed E-state index contributed by atoms with van der Waals surface area (Å²) < 4.78 is 28.8. The van der Waals surface area contributed by atoms with Crippen molar-refractivity contribution in [3.8, 4) is 0 Å². The number of fused-ring (bicyclic) bond motifs is 1. The number of rotatable bonds is 4. The molecular formula is C20H23ClN4O2S. The lowest BCUT2D eigenvalue weighted by atomic mass is 10.3. The SMILES string of the molecule is CNc1cn2c(N3CCN(C)CC3)cccc2c1S(=O)(=O)c1cccc(Cl)c1. The van der Waals surface area contributed by atoms with Crippen LogP contribution in [0, 0.1) is 0 Å². The van der Waals surface area contributed by atoms with Gasteiger partial charge in [-0.1, -0.05) is 23.7 Å². The Kier molecular flexibility index (Phi) is 4.99. The number of nitrogens with one attached hydrogen (secondary N) is 1. The number of sulfone groups is 1. The minimum absolute atomic E-state index is 0.189. The highest BCUT2D eigenvalue weighted by molar-refractivity contribution is 7.92. The minimum atomic E-state index is -3.74. The number of hydrogen-bond acceptors (Lipinski definition) is 5. The maximum absolute atomic E-state index is 13.4. The zero-order chi connectivity index (χ0) is 19.9. The Morgan fingerprint density at radius 1 is 1.04 bits per heavy atom. The Labute approximate surface area is 170 Å². The Bertz CT molecular complexity index is 1120. The molecular weight excluding hydrogens is 396 g/mol. The first-order valence-corrected chi connectivity index (χ1v) is 11.0. The first-order valence-electron chi connectivity index (χ1n) is 9.18. The van der Waals surface area contributed by atoms with Crippen molar-refractivity contribution >= 4 is 38.5 Å². The number of benzene rings is 1. The number of anilines is 2. The summed E-state index contributed by atoms with van der Waals surface area (Å²) in [6.07, 6.45) is 1.86. The van der Waals surface area contributed by atoms with Gasteiger partial charge in [0.1, 0.15) is 10.7 Å². The first kappa shape index (κ1) is 19.1. The van der Waals surface area contributed by atoms with E-state index in [4.69, 9.17) is 11.6 Å². The molecule has 0 aliphatic carbocycles. The molecule has 3 heterocycles. The number of piperazine rings is 1. The standard InChI is InChI=1S/C20H23ClN4O2S/c1-22-17-14-25-18(7-4-8-19(25)24-11-9-23(2)10-12-24)20(17)28(26,27)16-6-3-5-15(21)13-16/h3-8,13-14,22H,9-12H2,1-2H3. The smallest absolute Gasteiger partial charge is 0.210 e. The Morgan fingerprint density at radius 2 is 1.75 bits per heavy atom. The van der Waals surface area contributed by atoms with Gasteiger partial charge in [0.15, 0.2) is 0 Å². The van der Waals surface area contributed by atoms with Crippen LogP contribution < -0.4 is 10.2 Å². The molecule has 8 heteroatoms. The second-order valence-electron chi connectivity index (χ2n) is 7.01.